The molecular formula is C32H34BrIN4O8. The molecule has 2 amide bonds. The van der Waals surface area contributed by atoms with Crippen LogP contribution in [0.2, 0.25) is 0 Å². The van der Waals surface area contributed by atoms with E-state index in [1.54, 1.807) is 44.4 Å². The van der Waals surface area contributed by atoms with Crippen LogP contribution in [0, 0.1) is 3.57 Å². The van der Waals surface area contributed by atoms with Crippen molar-refractivity contribution in [3.05, 3.63) is 90.6 Å². The van der Waals surface area contributed by atoms with Crippen LogP contribution in [0.1, 0.15) is 36.6 Å². The Labute approximate surface area is 288 Å². The second kappa shape index (κ2) is 16.5. The van der Waals surface area contributed by atoms with Gasteiger partial charge in [-0.05, 0) is 99.9 Å². The van der Waals surface area contributed by atoms with E-state index < -0.39 is 24.3 Å². The molecule has 2 atom stereocenters. The number of nitrogens with one attached hydrogen (secondary N) is 3. The summed E-state index contributed by atoms with van der Waals surface area (Å²) in [5, 5.41) is 20.0. The van der Waals surface area contributed by atoms with Gasteiger partial charge in [-0.2, -0.15) is 5.10 Å². The van der Waals surface area contributed by atoms with Crippen LogP contribution in [-0.4, -0.2) is 57.0 Å². The number of aliphatic hydroxyl groups is 1. The van der Waals surface area contributed by atoms with Crippen LogP contribution in [0.25, 0.3) is 0 Å². The monoisotopic (exact) mass is 808 g/mol. The summed E-state index contributed by atoms with van der Waals surface area (Å²) in [6, 6.07) is 15.4. The van der Waals surface area contributed by atoms with Crippen molar-refractivity contribution in [3.63, 3.8) is 0 Å². The number of carbonyl (C=O) groups excluding carboxylic acids is 2. The number of benzene rings is 3. The summed E-state index contributed by atoms with van der Waals surface area (Å²) >= 11 is 5.80. The molecule has 0 radical (unpaired) electrons. The summed E-state index contributed by atoms with van der Waals surface area (Å²) in [6.07, 6.45) is 0.365. The minimum Gasteiger partial charge on any atom is -0.493 e. The number of carbonyl (C=O) groups is 2. The standard InChI is InChI=1S/C32H34BrIN4O8/c1-5-44-26-12-20(30-29(31(40)43-4)18(2)36-32(41)37-30)8-11-24(26)46-17-28(39)38-35-15-21-13-25(42-3)27(14-23(21)33)45-16-19-6-9-22(34)10-7-19/h6-15,28,30,38-39H,5,16-17H2,1-4H3,(H2,36,37,41)/b35-15-/t28-,30-/m1/s1. The average Bonchev–Trinajstić information content (AvgIpc) is 3.04. The lowest BCUT2D eigenvalue weighted by Crippen LogP contribution is -2.45. The minimum atomic E-state index is -1.16. The molecule has 14 heteroatoms. The van der Waals surface area contributed by atoms with Crippen molar-refractivity contribution in [1.82, 2.24) is 16.1 Å². The third-order valence-corrected chi connectivity index (χ3v) is 8.10. The Bertz CT molecular complexity index is 1620. The average molecular weight is 809 g/mol. The van der Waals surface area contributed by atoms with Crippen molar-refractivity contribution >= 4 is 56.7 Å². The van der Waals surface area contributed by atoms with Crippen molar-refractivity contribution in [1.29, 1.82) is 0 Å². The van der Waals surface area contributed by atoms with E-state index >= 15 is 0 Å². The van der Waals surface area contributed by atoms with Crippen LogP contribution in [0.15, 0.2) is 75.4 Å². The molecule has 0 fully saturated rings. The van der Waals surface area contributed by atoms with Crippen molar-refractivity contribution < 1.29 is 38.4 Å². The minimum absolute atomic E-state index is 0.164. The maximum absolute atomic E-state index is 12.5. The van der Waals surface area contributed by atoms with Gasteiger partial charge in [0.25, 0.3) is 0 Å². The van der Waals surface area contributed by atoms with Gasteiger partial charge < -0.3 is 39.4 Å². The van der Waals surface area contributed by atoms with Gasteiger partial charge in [-0.15, -0.1) is 0 Å². The second-order valence-electron chi connectivity index (χ2n) is 9.85. The molecule has 3 aromatic rings. The van der Waals surface area contributed by atoms with Crippen molar-refractivity contribution in [3.8, 4) is 23.0 Å². The van der Waals surface area contributed by atoms with Gasteiger partial charge in [0.2, 0.25) is 0 Å². The summed E-state index contributed by atoms with van der Waals surface area (Å²) in [5.74, 6) is 1.24. The summed E-state index contributed by atoms with van der Waals surface area (Å²) in [4.78, 5) is 24.6. The third kappa shape index (κ3) is 9.04. The van der Waals surface area contributed by atoms with E-state index in [9.17, 15) is 14.7 Å². The first-order chi connectivity index (χ1) is 22.1. The zero-order chi connectivity index (χ0) is 33.2. The first-order valence-corrected chi connectivity index (χ1v) is 16.0. The Morgan fingerprint density at radius 1 is 1.07 bits per heavy atom. The van der Waals surface area contributed by atoms with Crippen LogP contribution >= 0.6 is 38.5 Å². The van der Waals surface area contributed by atoms with Crippen LogP contribution in [0.4, 0.5) is 4.79 Å². The second-order valence-corrected chi connectivity index (χ2v) is 12.0. The Balaban J connectivity index is 1.39. The molecular weight excluding hydrogens is 775 g/mol. The molecule has 0 unspecified atom stereocenters. The zero-order valence-corrected chi connectivity index (χ0v) is 29.3. The lowest BCUT2D eigenvalue weighted by atomic mass is 9.95. The Hall–Kier alpha value is -4.02. The Kier molecular flexibility index (Phi) is 12.5. The third-order valence-electron chi connectivity index (χ3n) is 6.69. The van der Waals surface area contributed by atoms with E-state index in [0.29, 0.717) is 57.5 Å². The molecule has 0 saturated carbocycles. The van der Waals surface area contributed by atoms with Crippen LogP contribution in [0.3, 0.4) is 0 Å². The lowest BCUT2D eigenvalue weighted by Gasteiger charge is -2.28. The predicted octanol–water partition coefficient (Wildman–Crippen LogP) is 5.16. The fraction of sp³-hybridized carbons (Fsp3) is 0.281. The number of ether oxygens (including phenoxy) is 5. The highest BCUT2D eigenvalue weighted by Gasteiger charge is 2.32. The molecule has 4 N–H and O–H groups in total. The van der Waals surface area contributed by atoms with Gasteiger partial charge >= 0.3 is 12.0 Å². The number of amides is 2. The molecule has 0 saturated heterocycles. The number of allylic oxidation sites excluding steroid dienone is 1. The Morgan fingerprint density at radius 3 is 2.50 bits per heavy atom. The van der Waals surface area contributed by atoms with Crippen molar-refractivity contribution in [2.75, 3.05) is 27.4 Å². The lowest BCUT2D eigenvalue weighted by molar-refractivity contribution is -0.136. The largest absolute Gasteiger partial charge is 0.493 e. The molecule has 1 heterocycles. The number of esters is 1. The number of rotatable bonds is 14. The molecule has 0 spiro atoms. The van der Waals surface area contributed by atoms with E-state index in [1.165, 1.54) is 13.3 Å². The summed E-state index contributed by atoms with van der Waals surface area (Å²) in [7, 11) is 2.83. The van der Waals surface area contributed by atoms with Gasteiger partial charge in [-0.3, -0.25) is 5.43 Å². The van der Waals surface area contributed by atoms with E-state index in [0.717, 1.165) is 9.13 Å². The van der Waals surface area contributed by atoms with Crippen LogP contribution in [-0.2, 0) is 16.1 Å². The van der Waals surface area contributed by atoms with Gasteiger partial charge in [-0.25, -0.2) is 9.59 Å². The van der Waals surface area contributed by atoms with Gasteiger partial charge in [0.05, 0.1) is 38.7 Å². The number of aliphatic hydroxyl groups excluding tert-OH is 1. The van der Waals surface area contributed by atoms with E-state index in [1.807, 2.05) is 31.2 Å². The Morgan fingerprint density at radius 2 is 1.80 bits per heavy atom. The summed E-state index contributed by atoms with van der Waals surface area (Å²) < 4.78 is 29.9. The fourth-order valence-corrected chi connectivity index (χ4v) is 5.26. The van der Waals surface area contributed by atoms with E-state index in [-0.39, 0.29) is 12.2 Å². The number of nitrogens with zero attached hydrogens (tertiary/aromatic N) is 1. The van der Waals surface area contributed by atoms with Gasteiger partial charge in [0, 0.05) is 19.3 Å². The number of methoxy groups -OCH3 is 2. The highest BCUT2D eigenvalue weighted by molar-refractivity contribution is 14.1. The first kappa shape index (κ1) is 34.8. The quantitative estimate of drug-likeness (QED) is 0.0570. The highest BCUT2D eigenvalue weighted by Crippen LogP contribution is 2.35. The smallest absolute Gasteiger partial charge is 0.337 e. The molecule has 0 aromatic heterocycles. The molecule has 4 rings (SSSR count). The predicted molar refractivity (Wildman–Crippen MR) is 183 cm³/mol. The molecule has 1 aliphatic heterocycles. The number of halogens is 2. The molecule has 1 aliphatic rings. The molecule has 12 nitrogen and oxygen atoms in total. The molecule has 46 heavy (non-hydrogen) atoms. The van der Waals surface area contributed by atoms with Crippen LogP contribution < -0.4 is 35.0 Å². The molecule has 0 aliphatic carbocycles. The van der Waals surface area contributed by atoms with Crippen molar-refractivity contribution in [2.45, 2.75) is 32.7 Å². The van der Waals surface area contributed by atoms with Gasteiger partial charge in [-0.1, -0.05) is 18.2 Å². The number of urea groups is 1. The topological polar surface area (TPSA) is 149 Å². The summed E-state index contributed by atoms with van der Waals surface area (Å²) in [6.45, 7) is 3.99. The SMILES string of the molecule is CCOc1cc([C@H]2NC(=O)NC(C)=C2C(=O)OC)ccc1OC[C@@H](O)N/N=C\c1cc(OC)c(OCc2ccc(I)cc2)cc1Br. The van der Waals surface area contributed by atoms with Crippen LogP contribution in [0.5, 0.6) is 23.0 Å². The van der Waals surface area contributed by atoms with E-state index in [2.05, 4.69) is 59.7 Å². The molecule has 244 valence electrons. The summed E-state index contributed by atoms with van der Waals surface area (Å²) in [5.41, 5.74) is 5.60. The first-order valence-electron chi connectivity index (χ1n) is 14.1. The normalized spacial score (nSPS) is 15.1. The number of hydrogen-bond acceptors (Lipinski definition) is 10. The maximum Gasteiger partial charge on any atom is 0.337 e. The molecule has 0 bridgehead atoms. The van der Waals surface area contributed by atoms with Gasteiger partial charge in [0.1, 0.15) is 13.2 Å². The fourth-order valence-electron chi connectivity index (χ4n) is 4.48. The number of hydrogen-bond donors (Lipinski definition) is 4. The van der Waals surface area contributed by atoms with E-state index in [4.69, 9.17) is 23.7 Å². The van der Waals surface area contributed by atoms with Gasteiger partial charge in [0.15, 0.2) is 29.2 Å². The van der Waals surface area contributed by atoms with Crippen molar-refractivity contribution in [2.24, 2.45) is 5.10 Å². The highest BCUT2D eigenvalue weighted by atomic mass is 127. The maximum atomic E-state index is 12.5. The molecule has 3 aromatic carbocycles. The zero-order valence-electron chi connectivity index (χ0n) is 25.6. The number of hydrazone groups is 1.